The van der Waals surface area contributed by atoms with E-state index >= 15 is 0 Å². The lowest BCUT2D eigenvalue weighted by Crippen LogP contribution is -1.74. The highest BCUT2D eigenvalue weighted by Crippen LogP contribution is 2.12. The summed E-state index contributed by atoms with van der Waals surface area (Å²) >= 11 is 0. The minimum atomic E-state index is 0.861. The van der Waals surface area contributed by atoms with Gasteiger partial charge in [0.1, 0.15) is 5.52 Å². The van der Waals surface area contributed by atoms with Crippen molar-refractivity contribution in [1.29, 1.82) is 0 Å². The molecule has 0 aliphatic rings. The van der Waals surface area contributed by atoms with Crippen LogP contribution in [0.1, 0.15) is 19.4 Å². The van der Waals surface area contributed by atoms with E-state index in [0.717, 1.165) is 16.7 Å². The van der Waals surface area contributed by atoms with Gasteiger partial charge in [0.05, 0.1) is 6.26 Å². The molecule has 0 radical (unpaired) electrons. The zero-order valence-electron chi connectivity index (χ0n) is 7.66. The zero-order valence-corrected chi connectivity index (χ0v) is 7.66. The maximum atomic E-state index is 5.14. The van der Waals surface area contributed by atoms with Crippen molar-refractivity contribution in [3.63, 3.8) is 0 Å². The normalized spacial score (nSPS) is 9.25. The monoisotopic (exact) mass is 163 g/mol. The first-order valence-electron chi connectivity index (χ1n) is 4.16. The number of hydrogen-bond acceptors (Lipinski definition) is 2. The first-order valence-corrected chi connectivity index (χ1v) is 4.16. The lowest BCUT2D eigenvalue weighted by atomic mass is 10.3. The molecule has 0 aliphatic carbocycles. The van der Waals surface area contributed by atoms with Crippen LogP contribution < -0.4 is 0 Å². The molecule has 12 heavy (non-hydrogen) atoms. The van der Waals surface area contributed by atoms with Crippen LogP contribution in [0.2, 0.25) is 0 Å². The summed E-state index contributed by atoms with van der Waals surface area (Å²) in [6.07, 6.45) is 3.48. The third-order valence-electron chi connectivity index (χ3n) is 1.44. The van der Waals surface area contributed by atoms with Crippen LogP contribution in [-0.2, 0) is 0 Å². The Hall–Kier alpha value is -1.31. The molecule has 0 bridgehead atoms. The van der Waals surface area contributed by atoms with Gasteiger partial charge < -0.3 is 4.42 Å². The highest BCUT2D eigenvalue weighted by atomic mass is 16.3. The molecule has 2 heteroatoms. The van der Waals surface area contributed by atoms with E-state index in [9.17, 15) is 0 Å². The molecule has 0 atom stereocenters. The van der Waals surface area contributed by atoms with Gasteiger partial charge in [0.2, 0.25) is 0 Å². The molecular formula is C10H13NO. The molecule has 64 valence electrons. The van der Waals surface area contributed by atoms with Crippen LogP contribution in [0.3, 0.4) is 0 Å². The predicted molar refractivity (Wildman–Crippen MR) is 50.1 cm³/mol. The van der Waals surface area contributed by atoms with Crippen molar-refractivity contribution in [3.05, 3.63) is 30.2 Å². The molecule has 0 amide bonds. The highest BCUT2D eigenvalue weighted by molar-refractivity contribution is 5.72. The van der Waals surface area contributed by atoms with Crippen molar-refractivity contribution in [2.75, 3.05) is 0 Å². The SMILES string of the molecule is CC.Cc1cnc2ccoc2c1. The van der Waals surface area contributed by atoms with E-state index in [4.69, 9.17) is 4.42 Å². The number of furan rings is 1. The van der Waals surface area contributed by atoms with Gasteiger partial charge in [-0.3, -0.25) is 4.98 Å². The second-order valence-corrected chi connectivity index (χ2v) is 2.32. The van der Waals surface area contributed by atoms with Crippen LogP contribution >= 0.6 is 0 Å². The number of pyridine rings is 1. The van der Waals surface area contributed by atoms with Crippen molar-refractivity contribution in [1.82, 2.24) is 4.98 Å². The molecule has 2 rings (SSSR count). The second-order valence-electron chi connectivity index (χ2n) is 2.32. The maximum absolute atomic E-state index is 5.14. The first-order chi connectivity index (χ1) is 5.86. The van der Waals surface area contributed by atoms with Gasteiger partial charge in [0.15, 0.2) is 5.58 Å². The third-order valence-corrected chi connectivity index (χ3v) is 1.44. The topological polar surface area (TPSA) is 26.0 Å². The van der Waals surface area contributed by atoms with Gasteiger partial charge in [0, 0.05) is 12.3 Å². The van der Waals surface area contributed by atoms with Crippen LogP contribution in [0.5, 0.6) is 0 Å². The average molecular weight is 163 g/mol. The van der Waals surface area contributed by atoms with Crippen molar-refractivity contribution < 1.29 is 4.42 Å². The predicted octanol–water partition coefficient (Wildman–Crippen LogP) is 3.16. The minimum Gasteiger partial charge on any atom is -0.463 e. The number of aryl methyl sites for hydroxylation is 1. The molecule has 0 saturated carbocycles. The summed E-state index contributed by atoms with van der Waals surface area (Å²) < 4.78 is 5.14. The molecule has 0 N–H and O–H groups in total. The van der Waals surface area contributed by atoms with Crippen molar-refractivity contribution >= 4 is 11.1 Å². The summed E-state index contributed by atoms with van der Waals surface area (Å²) in [5.41, 5.74) is 2.91. The molecule has 0 aromatic carbocycles. The van der Waals surface area contributed by atoms with Crippen molar-refractivity contribution in [2.45, 2.75) is 20.8 Å². The molecule has 0 fully saturated rings. The number of nitrogens with zero attached hydrogens (tertiary/aromatic N) is 1. The Morgan fingerprint density at radius 1 is 1.33 bits per heavy atom. The Bertz CT molecular complexity index is 351. The van der Waals surface area contributed by atoms with Crippen molar-refractivity contribution in [3.8, 4) is 0 Å². The van der Waals surface area contributed by atoms with E-state index in [1.807, 2.05) is 39.1 Å². The fourth-order valence-electron chi connectivity index (χ4n) is 0.944. The van der Waals surface area contributed by atoms with Gasteiger partial charge in [-0.2, -0.15) is 0 Å². The first kappa shape index (κ1) is 8.78. The molecule has 2 nitrogen and oxygen atoms in total. The Morgan fingerprint density at radius 3 is 2.83 bits per heavy atom. The van der Waals surface area contributed by atoms with Crippen LogP contribution in [0.15, 0.2) is 29.0 Å². The number of aromatic nitrogens is 1. The van der Waals surface area contributed by atoms with Gasteiger partial charge in [0.25, 0.3) is 0 Å². The molecule has 0 aliphatic heterocycles. The van der Waals surface area contributed by atoms with E-state index in [0.29, 0.717) is 0 Å². The maximum Gasteiger partial charge on any atom is 0.152 e. The van der Waals surface area contributed by atoms with Gasteiger partial charge in [-0.1, -0.05) is 13.8 Å². The number of hydrogen-bond donors (Lipinski definition) is 0. The Labute approximate surface area is 72.2 Å². The van der Waals surface area contributed by atoms with E-state index in [-0.39, 0.29) is 0 Å². The molecule has 2 aromatic rings. The molecule has 0 unspecified atom stereocenters. The number of rotatable bonds is 0. The second kappa shape index (κ2) is 3.90. The third kappa shape index (κ3) is 1.64. The van der Waals surface area contributed by atoms with Gasteiger partial charge in [-0.25, -0.2) is 0 Å². The molecule has 0 saturated heterocycles. The Balaban J connectivity index is 0.000000336. The van der Waals surface area contributed by atoms with E-state index in [1.165, 1.54) is 0 Å². The van der Waals surface area contributed by atoms with Crippen LogP contribution in [0, 0.1) is 6.92 Å². The van der Waals surface area contributed by atoms with E-state index in [1.54, 1.807) is 6.26 Å². The Kier molecular flexibility index (Phi) is 2.86. The minimum absolute atomic E-state index is 0.861. The van der Waals surface area contributed by atoms with Crippen LogP contribution in [0.25, 0.3) is 11.1 Å². The molecule has 2 aromatic heterocycles. The summed E-state index contributed by atoms with van der Waals surface area (Å²) in [6, 6.07) is 3.83. The standard InChI is InChI=1S/C8H7NO.C2H6/c1-6-4-8-7(9-5-6)2-3-10-8;1-2/h2-5H,1H3;1-2H3. The summed E-state index contributed by atoms with van der Waals surface area (Å²) in [6.45, 7) is 6.00. The largest absolute Gasteiger partial charge is 0.463 e. The Morgan fingerprint density at radius 2 is 2.08 bits per heavy atom. The zero-order chi connectivity index (χ0) is 8.97. The lowest BCUT2D eigenvalue weighted by Gasteiger charge is -1.88. The smallest absolute Gasteiger partial charge is 0.152 e. The quantitative estimate of drug-likeness (QED) is 0.596. The van der Waals surface area contributed by atoms with Crippen LogP contribution in [0.4, 0.5) is 0 Å². The number of fused-ring (bicyclic) bond motifs is 1. The summed E-state index contributed by atoms with van der Waals surface area (Å²) in [7, 11) is 0. The van der Waals surface area contributed by atoms with Crippen molar-refractivity contribution in [2.24, 2.45) is 0 Å². The average Bonchev–Trinajstić information content (AvgIpc) is 2.54. The summed E-state index contributed by atoms with van der Waals surface area (Å²) in [5.74, 6) is 0. The lowest BCUT2D eigenvalue weighted by molar-refractivity contribution is 0.615. The van der Waals surface area contributed by atoms with E-state index in [2.05, 4.69) is 4.98 Å². The summed E-state index contributed by atoms with van der Waals surface area (Å²) in [4.78, 5) is 4.15. The van der Waals surface area contributed by atoms with Crippen LogP contribution in [-0.4, -0.2) is 4.98 Å². The van der Waals surface area contributed by atoms with Gasteiger partial charge in [-0.15, -0.1) is 0 Å². The molecule has 2 heterocycles. The summed E-state index contributed by atoms with van der Waals surface area (Å²) in [5, 5.41) is 0. The fraction of sp³-hybridized carbons (Fsp3) is 0.300. The molecule has 0 spiro atoms. The highest BCUT2D eigenvalue weighted by Gasteiger charge is 1.95. The van der Waals surface area contributed by atoms with E-state index < -0.39 is 0 Å². The molecular weight excluding hydrogens is 150 g/mol. The van der Waals surface area contributed by atoms with Gasteiger partial charge >= 0.3 is 0 Å². The van der Waals surface area contributed by atoms with Gasteiger partial charge in [-0.05, 0) is 18.6 Å². The fourth-order valence-corrected chi connectivity index (χ4v) is 0.944.